The lowest BCUT2D eigenvalue weighted by Crippen LogP contribution is -2.45. The molecule has 1 fully saturated rings. The van der Waals surface area contributed by atoms with Crippen molar-refractivity contribution in [3.8, 4) is 11.8 Å². The van der Waals surface area contributed by atoms with E-state index in [2.05, 4.69) is 21.7 Å². The smallest absolute Gasteiger partial charge is 0.418 e. The summed E-state index contributed by atoms with van der Waals surface area (Å²) in [4.78, 5) is 32.6. The molecule has 1 aliphatic heterocycles. The summed E-state index contributed by atoms with van der Waals surface area (Å²) in [6.07, 6.45) is -1.33. The number of ether oxygens (including phenoxy) is 1. The van der Waals surface area contributed by atoms with Crippen LogP contribution in [0.1, 0.15) is 55.0 Å². The van der Waals surface area contributed by atoms with Crippen LogP contribution in [0.3, 0.4) is 0 Å². The van der Waals surface area contributed by atoms with Crippen molar-refractivity contribution in [2.24, 2.45) is 0 Å². The Labute approximate surface area is 231 Å². The van der Waals surface area contributed by atoms with Crippen molar-refractivity contribution in [3.05, 3.63) is 93.8 Å². The molecule has 1 aromatic heterocycles. The first-order valence-electron chi connectivity index (χ1n) is 12.9. The standard InChI is InChI=1S/C31H30F3N3O3/c1-21-4-8-25(18-24(21)9-5-23-16-26(20-35-19-23)30(39)40-3)29(38)11-7-22-6-10-28(27(17-22)31(32,33)34)37-14-12-36(2)13-15-37/h4,6,8,10,16-20H,7,11-15H2,1-3H3. The Morgan fingerprint density at radius 1 is 0.975 bits per heavy atom. The van der Waals surface area contributed by atoms with E-state index in [1.165, 1.54) is 31.6 Å². The van der Waals surface area contributed by atoms with Crippen molar-refractivity contribution in [1.29, 1.82) is 0 Å². The Hall–Kier alpha value is -4.16. The lowest BCUT2D eigenvalue weighted by atomic mass is 9.97. The number of alkyl halides is 3. The fourth-order valence-corrected chi connectivity index (χ4v) is 4.50. The van der Waals surface area contributed by atoms with E-state index in [1.54, 1.807) is 35.2 Å². The zero-order valence-corrected chi connectivity index (χ0v) is 22.6. The molecule has 2 heterocycles. The number of methoxy groups -OCH3 is 1. The van der Waals surface area contributed by atoms with Crippen LogP contribution >= 0.6 is 0 Å². The first-order valence-corrected chi connectivity index (χ1v) is 12.9. The van der Waals surface area contributed by atoms with Gasteiger partial charge in [-0.15, -0.1) is 0 Å². The number of carbonyl (C=O) groups excluding carboxylic acids is 2. The summed E-state index contributed by atoms with van der Waals surface area (Å²) in [6, 6.07) is 11.1. The molecule has 0 radical (unpaired) electrons. The molecular formula is C31H30F3N3O3. The van der Waals surface area contributed by atoms with Gasteiger partial charge in [-0.3, -0.25) is 9.78 Å². The minimum absolute atomic E-state index is 0.0617. The zero-order chi connectivity index (χ0) is 28.9. The molecule has 0 amide bonds. The molecule has 0 bridgehead atoms. The topological polar surface area (TPSA) is 62.7 Å². The number of likely N-dealkylation sites (N-methyl/N-ethyl adjacent to an activating group) is 1. The molecule has 9 heteroatoms. The molecule has 6 nitrogen and oxygen atoms in total. The summed E-state index contributed by atoms with van der Waals surface area (Å²) in [5.74, 6) is 5.27. The van der Waals surface area contributed by atoms with E-state index in [1.807, 2.05) is 14.0 Å². The van der Waals surface area contributed by atoms with E-state index in [0.29, 0.717) is 48.4 Å². The third kappa shape index (κ3) is 7.07. The van der Waals surface area contributed by atoms with E-state index in [4.69, 9.17) is 4.74 Å². The summed E-state index contributed by atoms with van der Waals surface area (Å²) in [5.41, 5.74) is 2.69. The number of aromatic nitrogens is 1. The molecule has 3 aromatic rings. The van der Waals surface area contributed by atoms with Crippen LogP contribution in [0.5, 0.6) is 0 Å². The molecule has 0 N–H and O–H groups in total. The minimum atomic E-state index is -4.49. The van der Waals surface area contributed by atoms with Gasteiger partial charge in [0.2, 0.25) is 0 Å². The molecule has 0 unspecified atom stereocenters. The third-order valence-electron chi connectivity index (χ3n) is 6.91. The number of piperazine rings is 1. The van der Waals surface area contributed by atoms with Gasteiger partial charge in [-0.1, -0.05) is 30.0 Å². The van der Waals surface area contributed by atoms with Crippen LogP contribution in [-0.2, 0) is 17.3 Å². The molecule has 0 atom stereocenters. The van der Waals surface area contributed by atoms with Crippen molar-refractivity contribution in [1.82, 2.24) is 9.88 Å². The maximum Gasteiger partial charge on any atom is 0.418 e. The molecule has 2 aromatic carbocycles. The van der Waals surface area contributed by atoms with Crippen molar-refractivity contribution in [3.63, 3.8) is 0 Å². The number of anilines is 1. The monoisotopic (exact) mass is 549 g/mol. The molecule has 0 spiro atoms. The summed E-state index contributed by atoms with van der Waals surface area (Å²) in [6.45, 7) is 4.33. The highest BCUT2D eigenvalue weighted by atomic mass is 19.4. The largest absolute Gasteiger partial charge is 0.465 e. The van der Waals surface area contributed by atoms with Crippen LogP contribution in [-0.4, -0.2) is 62.0 Å². The van der Waals surface area contributed by atoms with Gasteiger partial charge in [-0.25, -0.2) is 4.79 Å². The van der Waals surface area contributed by atoms with Gasteiger partial charge in [-0.05, 0) is 55.8 Å². The fourth-order valence-electron chi connectivity index (χ4n) is 4.50. The van der Waals surface area contributed by atoms with Crippen LogP contribution in [0.2, 0.25) is 0 Å². The average molecular weight is 550 g/mol. The van der Waals surface area contributed by atoms with Crippen molar-refractivity contribution < 1.29 is 27.5 Å². The molecule has 4 rings (SSSR count). The molecule has 0 aliphatic carbocycles. The van der Waals surface area contributed by atoms with Crippen LogP contribution in [0, 0.1) is 18.8 Å². The number of ketones is 1. The quantitative estimate of drug-likeness (QED) is 0.241. The van der Waals surface area contributed by atoms with Crippen LogP contribution < -0.4 is 4.90 Å². The number of rotatable bonds is 6. The summed E-state index contributed by atoms with van der Waals surface area (Å²) in [7, 11) is 3.24. The first kappa shape index (κ1) is 28.8. The number of aryl methyl sites for hydroxylation is 2. The molecule has 208 valence electrons. The van der Waals surface area contributed by atoms with Crippen molar-refractivity contribution in [2.75, 3.05) is 45.2 Å². The molecular weight excluding hydrogens is 519 g/mol. The third-order valence-corrected chi connectivity index (χ3v) is 6.91. The maximum atomic E-state index is 13.9. The Bertz CT molecular complexity index is 1470. The number of nitrogens with zero attached hydrogens (tertiary/aromatic N) is 3. The number of hydrogen-bond donors (Lipinski definition) is 0. The Morgan fingerprint density at radius 2 is 1.73 bits per heavy atom. The number of esters is 1. The predicted molar refractivity (Wildman–Crippen MR) is 147 cm³/mol. The Kier molecular flexibility index (Phi) is 8.90. The number of carbonyl (C=O) groups is 2. The van der Waals surface area contributed by atoms with Gasteiger partial charge >= 0.3 is 12.1 Å². The number of pyridine rings is 1. The Morgan fingerprint density at radius 3 is 2.42 bits per heavy atom. The lowest BCUT2D eigenvalue weighted by molar-refractivity contribution is -0.137. The summed E-state index contributed by atoms with van der Waals surface area (Å²) >= 11 is 0. The van der Waals surface area contributed by atoms with Gasteiger partial charge in [0.25, 0.3) is 0 Å². The van der Waals surface area contributed by atoms with Crippen LogP contribution in [0.25, 0.3) is 0 Å². The van der Waals surface area contributed by atoms with Gasteiger partial charge in [0, 0.05) is 67.4 Å². The SMILES string of the molecule is COC(=O)c1cncc(C#Cc2cc(C(=O)CCc3ccc(N4CCN(C)CC4)c(C(F)(F)F)c3)ccc2C)c1. The number of benzene rings is 2. The Balaban J connectivity index is 1.48. The minimum Gasteiger partial charge on any atom is -0.465 e. The highest BCUT2D eigenvalue weighted by Gasteiger charge is 2.35. The van der Waals surface area contributed by atoms with E-state index in [0.717, 1.165) is 5.56 Å². The van der Waals surface area contributed by atoms with Gasteiger partial charge in [0.1, 0.15) is 0 Å². The van der Waals surface area contributed by atoms with E-state index < -0.39 is 17.7 Å². The fraction of sp³-hybridized carbons (Fsp3) is 0.323. The van der Waals surface area contributed by atoms with E-state index in [-0.39, 0.29) is 29.9 Å². The lowest BCUT2D eigenvalue weighted by Gasteiger charge is -2.35. The van der Waals surface area contributed by atoms with Gasteiger partial charge < -0.3 is 14.5 Å². The molecule has 40 heavy (non-hydrogen) atoms. The normalized spacial score (nSPS) is 13.9. The number of halogens is 3. The van der Waals surface area contributed by atoms with E-state index in [9.17, 15) is 22.8 Å². The van der Waals surface area contributed by atoms with Crippen molar-refractivity contribution in [2.45, 2.75) is 25.9 Å². The first-order chi connectivity index (χ1) is 19.0. The molecule has 0 saturated carbocycles. The molecule has 1 saturated heterocycles. The summed E-state index contributed by atoms with van der Waals surface area (Å²) in [5, 5.41) is 0. The highest BCUT2D eigenvalue weighted by Crippen LogP contribution is 2.38. The number of Topliss-reactive ketones (excluding diaryl/α,β-unsaturated/α-hetero) is 1. The maximum absolute atomic E-state index is 13.9. The van der Waals surface area contributed by atoms with Gasteiger partial charge in [0.15, 0.2) is 5.78 Å². The second-order valence-electron chi connectivity index (χ2n) is 9.80. The second kappa shape index (κ2) is 12.3. The zero-order valence-electron chi connectivity index (χ0n) is 22.6. The van der Waals surface area contributed by atoms with Crippen LogP contribution in [0.4, 0.5) is 18.9 Å². The summed E-state index contributed by atoms with van der Waals surface area (Å²) < 4.78 is 46.5. The molecule has 1 aliphatic rings. The second-order valence-corrected chi connectivity index (χ2v) is 9.80. The number of hydrogen-bond acceptors (Lipinski definition) is 6. The van der Waals surface area contributed by atoms with Crippen molar-refractivity contribution >= 4 is 17.4 Å². The van der Waals surface area contributed by atoms with E-state index >= 15 is 0 Å². The predicted octanol–water partition coefficient (Wildman–Crippen LogP) is 5.16. The van der Waals surface area contributed by atoms with Gasteiger partial charge in [-0.2, -0.15) is 13.2 Å². The average Bonchev–Trinajstić information content (AvgIpc) is 2.95. The highest BCUT2D eigenvalue weighted by molar-refractivity contribution is 5.96. The van der Waals surface area contributed by atoms with Gasteiger partial charge in [0.05, 0.1) is 18.2 Å². The van der Waals surface area contributed by atoms with Crippen LogP contribution in [0.15, 0.2) is 54.9 Å².